The van der Waals surface area contributed by atoms with Gasteiger partial charge in [0.2, 0.25) is 11.8 Å². The van der Waals surface area contributed by atoms with E-state index >= 15 is 0 Å². The topological polar surface area (TPSA) is 92.4 Å². The van der Waals surface area contributed by atoms with Crippen molar-refractivity contribution in [3.05, 3.63) is 35.9 Å². The molecular weight excluding hydrogens is 304 g/mol. The molecule has 0 aliphatic heterocycles. The fourth-order valence-electron chi connectivity index (χ4n) is 3.56. The van der Waals surface area contributed by atoms with E-state index in [9.17, 15) is 14.7 Å². The molecule has 132 valence electrons. The van der Waals surface area contributed by atoms with Crippen LogP contribution in [0, 0.1) is 5.92 Å². The molecule has 2 rings (SSSR count). The maximum absolute atomic E-state index is 12.4. The van der Waals surface area contributed by atoms with Gasteiger partial charge in [-0.25, -0.2) is 0 Å². The van der Waals surface area contributed by atoms with Crippen LogP contribution < -0.4 is 11.1 Å². The Bertz CT molecular complexity index is 551. The molecule has 0 saturated heterocycles. The summed E-state index contributed by atoms with van der Waals surface area (Å²) in [6.07, 6.45) is 5.58. The second-order valence-corrected chi connectivity index (χ2v) is 7.06. The Morgan fingerprint density at radius 2 is 1.88 bits per heavy atom. The van der Waals surface area contributed by atoms with E-state index in [1.807, 2.05) is 18.2 Å². The van der Waals surface area contributed by atoms with Gasteiger partial charge in [-0.05, 0) is 31.2 Å². The van der Waals surface area contributed by atoms with Gasteiger partial charge in [0.25, 0.3) is 0 Å². The molecule has 1 aliphatic carbocycles. The molecule has 2 amide bonds. The average Bonchev–Trinajstić information content (AvgIpc) is 2.55. The van der Waals surface area contributed by atoms with Gasteiger partial charge in [-0.3, -0.25) is 9.59 Å². The highest BCUT2D eigenvalue weighted by molar-refractivity contribution is 5.79. The molecule has 1 saturated carbocycles. The largest absolute Gasteiger partial charge is 0.385 e. The van der Waals surface area contributed by atoms with Gasteiger partial charge in [-0.1, -0.05) is 49.6 Å². The maximum atomic E-state index is 12.4. The number of primary amides is 1. The molecule has 1 aromatic carbocycles. The van der Waals surface area contributed by atoms with Crippen LogP contribution in [-0.2, 0) is 15.2 Å². The third kappa shape index (κ3) is 5.34. The number of rotatable bonds is 7. The number of aliphatic hydroxyl groups is 1. The first kappa shape index (κ1) is 18.5. The van der Waals surface area contributed by atoms with Gasteiger partial charge in [0.05, 0.1) is 12.0 Å². The van der Waals surface area contributed by atoms with Crippen LogP contribution >= 0.6 is 0 Å². The summed E-state index contributed by atoms with van der Waals surface area (Å²) in [6, 6.07) is 8.90. The summed E-state index contributed by atoms with van der Waals surface area (Å²) >= 11 is 0. The van der Waals surface area contributed by atoms with E-state index in [0.29, 0.717) is 5.56 Å². The lowest BCUT2D eigenvalue weighted by Gasteiger charge is -2.31. The standard InChI is InChI=1S/C19H28N2O3/c1-19(24,15-10-6-3-7-11-15)13-18(23)21-16(12-17(20)22)14-8-4-2-5-9-14/h3,6-7,10-11,14,16,24H,2,4-5,8-9,12-13H2,1H3,(H2,20,22)(H,21,23). The second kappa shape index (κ2) is 8.29. The molecule has 5 nitrogen and oxygen atoms in total. The van der Waals surface area contributed by atoms with Crippen molar-refractivity contribution < 1.29 is 14.7 Å². The zero-order valence-electron chi connectivity index (χ0n) is 14.3. The number of nitrogens with one attached hydrogen (secondary N) is 1. The van der Waals surface area contributed by atoms with Gasteiger partial charge < -0.3 is 16.2 Å². The molecule has 0 spiro atoms. The summed E-state index contributed by atoms with van der Waals surface area (Å²) in [7, 11) is 0. The molecule has 0 heterocycles. The van der Waals surface area contributed by atoms with E-state index in [1.54, 1.807) is 19.1 Å². The minimum atomic E-state index is -1.24. The van der Waals surface area contributed by atoms with E-state index in [2.05, 4.69) is 5.32 Å². The molecule has 0 radical (unpaired) electrons. The lowest BCUT2D eigenvalue weighted by atomic mass is 9.82. The second-order valence-electron chi connectivity index (χ2n) is 7.06. The first-order valence-electron chi connectivity index (χ1n) is 8.74. The lowest BCUT2D eigenvalue weighted by Crippen LogP contribution is -2.45. The monoisotopic (exact) mass is 332 g/mol. The zero-order chi connectivity index (χ0) is 17.6. The van der Waals surface area contributed by atoms with Crippen molar-refractivity contribution in [3.8, 4) is 0 Å². The van der Waals surface area contributed by atoms with E-state index < -0.39 is 11.5 Å². The predicted octanol–water partition coefficient (Wildman–Crippen LogP) is 2.22. The number of hydrogen-bond donors (Lipinski definition) is 3. The van der Waals surface area contributed by atoms with Crippen molar-refractivity contribution in [1.29, 1.82) is 0 Å². The van der Waals surface area contributed by atoms with E-state index in [0.717, 1.165) is 25.7 Å². The van der Waals surface area contributed by atoms with E-state index in [4.69, 9.17) is 5.73 Å². The summed E-state index contributed by atoms with van der Waals surface area (Å²) in [4.78, 5) is 23.8. The van der Waals surface area contributed by atoms with Gasteiger partial charge in [-0.15, -0.1) is 0 Å². The molecule has 0 bridgehead atoms. The predicted molar refractivity (Wildman–Crippen MR) is 92.9 cm³/mol. The fourth-order valence-corrected chi connectivity index (χ4v) is 3.56. The Labute approximate surface area is 143 Å². The van der Waals surface area contributed by atoms with Gasteiger partial charge in [0.1, 0.15) is 0 Å². The quantitative estimate of drug-likeness (QED) is 0.715. The first-order chi connectivity index (χ1) is 11.4. The number of benzene rings is 1. The van der Waals surface area contributed by atoms with Crippen molar-refractivity contribution in [2.45, 2.75) is 63.5 Å². The van der Waals surface area contributed by atoms with Gasteiger partial charge in [-0.2, -0.15) is 0 Å². The Morgan fingerprint density at radius 1 is 1.25 bits per heavy atom. The van der Waals surface area contributed by atoms with Crippen molar-refractivity contribution in [2.75, 3.05) is 0 Å². The first-order valence-corrected chi connectivity index (χ1v) is 8.74. The number of amides is 2. The Kier molecular flexibility index (Phi) is 6.37. The minimum absolute atomic E-state index is 0.0427. The van der Waals surface area contributed by atoms with Crippen molar-refractivity contribution in [1.82, 2.24) is 5.32 Å². The lowest BCUT2D eigenvalue weighted by molar-refractivity contribution is -0.127. The Morgan fingerprint density at radius 3 is 2.46 bits per heavy atom. The van der Waals surface area contributed by atoms with Crippen LogP contribution in [0.1, 0.15) is 57.4 Å². The van der Waals surface area contributed by atoms with Crippen molar-refractivity contribution in [3.63, 3.8) is 0 Å². The van der Waals surface area contributed by atoms with Crippen LogP contribution in [0.5, 0.6) is 0 Å². The van der Waals surface area contributed by atoms with Gasteiger partial charge >= 0.3 is 0 Å². The molecular formula is C19H28N2O3. The summed E-state index contributed by atoms with van der Waals surface area (Å²) in [5.74, 6) is -0.363. The molecule has 1 aromatic rings. The molecule has 4 N–H and O–H groups in total. The SMILES string of the molecule is CC(O)(CC(=O)NC(CC(N)=O)C1CCCCC1)c1ccccc1. The molecule has 0 aromatic heterocycles. The molecule has 5 heteroatoms. The summed E-state index contributed by atoms with van der Waals surface area (Å²) < 4.78 is 0. The number of carbonyl (C=O) groups excluding carboxylic acids is 2. The van der Waals surface area contributed by atoms with Crippen molar-refractivity contribution in [2.24, 2.45) is 11.7 Å². The molecule has 2 unspecified atom stereocenters. The smallest absolute Gasteiger partial charge is 0.223 e. The normalized spacial score (nSPS) is 19.2. The Hall–Kier alpha value is -1.88. The third-order valence-corrected chi connectivity index (χ3v) is 4.89. The van der Waals surface area contributed by atoms with Gasteiger partial charge in [0.15, 0.2) is 0 Å². The molecule has 1 fully saturated rings. The minimum Gasteiger partial charge on any atom is -0.385 e. The number of nitrogens with two attached hydrogens (primary N) is 1. The molecule has 24 heavy (non-hydrogen) atoms. The highest BCUT2D eigenvalue weighted by Crippen LogP contribution is 2.29. The summed E-state index contributed by atoms with van der Waals surface area (Å²) in [5.41, 5.74) is 4.81. The maximum Gasteiger partial charge on any atom is 0.223 e. The number of hydrogen-bond acceptors (Lipinski definition) is 3. The van der Waals surface area contributed by atoms with Gasteiger partial charge in [0, 0.05) is 12.5 Å². The average molecular weight is 332 g/mol. The van der Waals surface area contributed by atoms with Crippen molar-refractivity contribution >= 4 is 11.8 Å². The highest BCUT2D eigenvalue weighted by atomic mass is 16.3. The van der Waals surface area contributed by atoms with Crippen LogP contribution in [0.2, 0.25) is 0 Å². The zero-order valence-corrected chi connectivity index (χ0v) is 14.3. The van der Waals surface area contributed by atoms with Crippen LogP contribution in [0.15, 0.2) is 30.3 Å². The third-order valence-electron chi connectivity index (χ3n) is 4.89. The van der Waals surface area contributed by atoms with Crippen LogP contribution in [0.3, 0.4) is 0 Å². The van der Waals surface area contributed by atoms with Crippen LogP contribution in [0.25, 0.3) is 0 Å². The van der Waals surface area contributed by atoms with Crippen LogP contribution in [0.4, 0.5) is 0 Å². The van der Waals surface area contributed by atoms with E-state index in [1.165, 1.54) is 6.42 Å². The Balaban J connectivity index is 2.00. The van der Waals surface area contributed by atoms with Crippen LogP contribution in [-0.4, -0.2) is 23.0 Å². The molecule has 1 aliphatic rings. The number of carbonyl (C=O) groups is 2. The van der Waals surface area contributed by atoms with E-state index in [-0.39, 0.29) is 30.7 Å². The summed E-state index contributed by atoms with van der Waals surface area (Å²) in [6.45, 7) is 1.63. The fraction of sp³-hybridized carbons (Fsp3) is 0.579. The highest BCUT2D eigenvalue weighted by Gasteiger charge is 2.30. The molecule has 2 atom stereocenters. The summed E-state index contributed by atoms with van der Waals surface area (Å²) in [5, 5.41) is 13.6.